The molecule has 0 saturated carbocycles. The number of esters is 1. The summed E-state index contributed by atoms with van der Waals surface area (Å²) < 4.78 is 15.2. The summed E-state index contributed by atoms with van der Waals surface area (Å²) in [7, 11) is 0. The van der Waals surface area contributed by atoms with Gasteiger partial charge in [0.1, 0.15) is 6.61 Å². The van der Waals surface area contributed by atoms with E-state index in [4.69, 9.17) is 37.4 Å². The molecule has 0 amide bonds. The van der Waals surface area contributed by atoms with Gasteiger partial charge in [0.05, 0.1) is 10.0 Å². The largest absolute Gasteiger partial charge is 0.461 e. The van der Waals surface area contributed by atoms with Gasteiger partial charge in [-0.2, -0.15) is 0 Å². The average Bonchev–Trinajstić information content (AvgIpc) is 2.64. The van der Waals surface area contributed by atoms with Crippen molar-refractivity contribution in [3.8, 4) is 11.5 Å². The molecule has 1 aliphatic rings. The predicted molar refractivity (Wildman–Crippen MR) is 58.1 cm³/mol. The fourth-order valence-corrected chi connectivity index (χ4v) is 1.92. The Morgan fingerprint density at radius 2 is 2.25 bits per heavy atom. The molecule has 4 nitrogen and oxygen atoms in total. The van der Waals surface area contributed by atoms with Crippen molar-refractivity contribution >= 4 is 29.2 Å². The molecule has 1 aromatic rings. The second-order valence-corrected chi connectivity index (χ2v) is 3.95. The molecule has 0 fully saturated rings. The fraction of sp³-hybridized carbons (Fsp3) is 0.300. The summed E-state index contributed by atoms with van der Waals surface area (Å²) in [6, 6.07) is 1.59. The van der Waals surface area contributed by atoms with Crippen molar-refractivity contribution in [1.29, 1.82) is 0 Å². The van der Waals surface area contributed by atoms with Gasteiger partial charge in [0.2, 0.25) is 6.79 Å². The van der Waals surface area contributed by atoms with Gasteiger partial charge in [-0.25, -0.2) is 0 Å². The van der Waals surface area contributed by atoms with E-state index in [-0.39, 0.29) is 13.4 Å². The van der Waals surface area contributed by atoms with Gasteiger partial charge >= 0.3 is 5.97 Å². The van der Waals surface area contributed by atoms with Crippen LogP contribution >= 0.6 is 23.2 Å². The van der Waals surface area contributed by atoms with Crippen LogP contribution in [0.15, 0.2) is 6.07 Å². The van der Waals surface area contributed by atoms with Gasteiger partial charge < -0.3 is 14.2 Å². The van der Waals surface area contributed by atoms with E-state index >= 15 is 0 Å². The first-order valence-electron chi connectivity index (χ1n) is 4.49. The third-order valence-electron chi connectivity index (χ3n) is 2.07. The maximum atomic E-state index is 10.7. The Labute approximate surface area is 102 Å². The zero-order valence-electron chi connectivity index (χ0n) is 8.38. The second-order valence-electron chi connectivity index (χ2n) is 3.16. The second kappa shape index (κ2) is 4.39. The maximum Gasteiger partial charge on any atom is 0.302 e. The number of carbonyl (C=O) groups excluding carboxylic acids is 1. The lowest BCUT2D eigenvalue weighted by Crippen LogP contribution is -2.00. The number of fused-ring (bicyclic) bond motifs is 1. The molecule has 0 radical (unpaired) electrons. The lowest BCUT2D eigenvalue weighted by atomic mass is 10.2. The van der Waals surface area contributed by atoms with Crippen molar-refractivity contribution in [1.82, 2.24) is 0 Å². The van der Waals surface area contributed by atoms with Crippen LogP contribution in [0, 0.1) is 0 Å². The highest BCUT2D eigenvalue weighted by Gasteiger charge is 2.23. The van der Waals surface area contributed by atoms with Crippen molar-refractivity contribution in [3.05, 3.63) is 21.7 Å². The van der Waals surface area contributed by atoms with E-state index in [2.05, 4.69) is 0 Å². The molecule has 86 valence electrons. The summed E-state index contributed by atoms with van der Waals surface area (Å²) in [5.41, 5.74) is 0.516. The Kier molecular flexibility index (Phi) is 3.12. The highest BCUT2D eigenvalue weighted by molar-refractivity contribution is 6.37. The van der Waals surface area contributed by atoms with Crippen LogP contribution in [-0.2, 0) is 16.1 Å². The molecule has 16 heavy (non-hydrogen) atoms. The molecule has 1 aliphatic heterocycles. The van der Waals surface area contributed by atoms with Gasteiger partial charge in [0.25, 0.3) is 0 Å². The average molecular weight is 263 g/mol. The monoisotopic (exact) mass is 262 g/mol. The van der Waals surface area contributed by atoms with Crippen LogP contribution < -0.4 is 9.47 Å². The van der Waals surface area contributed by atoms with E-state index in [9.17, 15) is 4.79 Å². The number of ether oxygens (including phenoxy) is 3. The highest BCUT2D eigenvalue weighted by Crippen LogP contribution is 2.44. The summed E-state index contributed by atoms with van der Waals surface area (Å²) in [5.74, 6) is 0.541. The third kappa shape index (κ3) is 2.03. The highest BCUT2D eigenvalue weighted by atomic mass is 35.5. The molecule has 1 heterocycles. The fourth-order valence-electron chi connectivity index (χ4n) is 1.32. The minimum absolute atomic E-state index is 0.0175. The molecule has 0 saturated heterocycles. The summed E-state index contributed by atoms with van der Waals surface area (Å²) in [6.07, 6.45) is 0. The molecule has 0 aromatic heterocycles. The first-order chi connectivity index (χ1) is 7.59. The first kappa shape index (κ1) is 11.4. The normalized spacial score (nSPS) is 12.7. The molecule has 2 rings (SSSR count). The number of rotatable bonds is 2. The molecule has 0 N–H and O–H groups in total. The SMILES string of the molecule is CC(=O)OCc1c(Cl)cc2c(c1Cl)OCO2. The van der Waals surface area contributed by atoms with Crippen molar-refractivity contribution < 1.29 is 19.0 Å². The Balaban J connectivity index is 2.34. The Bertz CT molecular complexity index is 445. The van der Waals surface area contributed by atoms with Crippen molar-refractivity contribution in [2.75, 3.05) is 6.79 Å². The van der Waals surface area contributed by atoms with Gasteiger partial charge in [-0.05, 0) is 0 Å². The zero-order valence-corrected chi connectivity index (χ0v) is 9.89. The molecule has 0 unspecified atom stereocenters. The van der Waals surface area contributed by atoms with Crippen molar-refractivity contribution in [2.24, 2.45) is 0 Å². The van der Waals surface area contributed by atoms with Crippen LogP contribution in [0.1, 0.15) is 12.5 Å². The van der Waals surface area contributed by atoms with Crippen LogP contribution in [0.2, 0.25) is 10.0 Å². The minimum atomic E-state index is -0.398. The van der Waals surface area contributed by atoms with E-state index in [0.29, 0.717) is 27.1 Å². The molecule has 0 atom stereocenters. The predicted octanol–water partition coefficient (Wildman–Crippen LogP) is 2.79. The van der Waals surface area contributed by atoms with E-state index in [1.54, 1.807) is 6.07 Å². The molecule has 6 heteroatoms. The van der Waals surface area contributed by atoms with Crippen LogP contribution in [0.4, 0.5) is 0 Å². The Morgan fingerprint density at radius 1 is 1.50 bits per heavy atom. The van der Waals surface area contributed by atoms with Crippen LogP contribution in [0.5, 0.6) is 11.5 Å². The Morgan fingerprint density at radius 3 is 2.94 bits per heavy atom. The van der Waals surface area contributed by atoms with Gasteiger partial charge in [0, 0.05) is 18.6 Å². The third-order valence-corrected chi connectivity index (χ3v) is 2.81. The summed E-state index contributed by atoms with van der Waals surface area (Å²) >= 11 is 12.0. The number of halogens is 2. The van der Waals surface area contributed by atoms with Gasteiger partial charge in [-0.3, -0.25) is 4.79 Å². The maximum absolute atomic E-state index is 10.7. The molecule has 1 aromatic carbocycles. The lowest BCUT2D eigenvalue weighted by Gasteiger charge is -2.09. The molecular weight excluding hydrogens is 255 g/mol. The molecule has 0 aliphatic carbocycles. The first-order valence-corrected chi connectivity index (χ1v) is 5.25. The van der Waals surface area contributed by atoms with E-state index < -0.39 is 5.97 Å². The smallest absolute Gasteiger partial charge is 0.302 e. The van der Waals surface area contributed by atoms with E-state index in [1.807, 2.05) is 0 Å². The zero-order chi connectivity index (χ0) is 11.7. The van der Waals surface area contributed by atoms with E-state index in [1.165, 1.54) is 6.92 Å². The standard InChI is InChI=1S/C10H8Cl2O4/c1-5(13)14-3-6-7(11)2-8-10(9(6)12)16-4-15-8/h2H,3-4H2,1H3. The Hall–Kier alpha value is -1.13. The number of hydrogen-bond acceptors (Lipinski definition) is 4. The molecule has 0 bridgehead atoms. The van der Waals surface area contributed by atoms with Crippen molar-refractivity contribution in [3.63, 3.8) is 0 Å². The number of hydrogen-bond donors (Lipinski definition) is 0. The van der Waals surface area contributed by atoms with Gasteiger partial charge in [-0.1, -0.05) is 23.2 Å². The van der Waals surface area contributed by atoms with Gasteiger partial charge in [-0.15, -0.1) is 0 Å². The summed E-state index contributed by atoms with van der Waals surface area (Å²) in [6.45, 7) is 1.45. The van der Waals surface area contributed by atoms with Crippen LogP contribution in [0.25, 0.3) is 0 Å². The molecule has 0 spiro atoms. The topological polar surface area (TPSA) is 44.8 Å². The quantitative estimate of drug-likeness (QED) is 0.769. The molecular formula is C10H8Cl2O4. The minimum Gasteiger partial charge on any atom is -0.461 e. The number of benzene rings is 1. The summed E-state index contributed by atoms with van der Waals surface area (Å²) in [4.78, 5) is 10.7. The number of carbonyl (C=O) groups is 1. The van der Waals surface area contributed by atoms with Gasteiger partial charge in [0.15, 0.2) is 11.5 Å². The summed E-state index contributed by atoms with van der Waals surface area (Å²) in [5, 5.41) is 0.705. The van der Waals surface area contributed by atoms with Crippen molar-refractivity contribution in [2.45, 2.75) is 13.5 Å². The van der Waals surface area contributed by atoms with Crippen LogP contribution in [0.3, 0.4) is 0 Å². The lowest BCUT2D eigenvalue weighted by molar-refractivity contribution is -0.142. The van der Waals surface area contributed by atoms with Crippen LogP contribution in [-0.4, -0.2) is 12.8 Å². The van der Waals surface area contributed by atoms with E-state index in [0.717, 1.165) is 0 Å².